The zero-order valence-corrected chi connectivity index (χ0v) is 9.66. The minimum absolute atomic E-state index is 0.685. The third-order valence-electron chi connectivity index (χ3n) is 2.67. The predicted octanol–water partition coefficient (Wildman–Crippen LogP) is 2.88. The van der Waals surface area contributed by atoms with Gasteiger partial charge in [0.25, 0.3) is 0 Å². The molecule has 2 heterocycles. The molecule has 3 nitrogen and oxygen atoms in total. The van der Waals surface area contributed by atoms with Gasteiger partial charge in [0.1, 0.15) is 5.82 Å². The first-order chi connectivity index (χ1) is 7.75. The number of aromatic nitrogens is 2. The molecule has 4 heteroatoms. The molecular weight excluding hydrogens is 218 g/mol. The van der Waals surface area contributed by atoms with Crippen LogP contribution in [-0.4, -0.2) is 9.78 Å². The lowest BCUT2D eigenvalue weighted by Gasteiger charge is -1.93. The second-order valence-electron chi connectivity index (χ2n) is 3.72. The molecule has 80 valence electrons. The minimum Gasteiger partial charge on any atom is -0.384 e. The SMILES string of the molecule is Cn1nc(-c2csc3ccccc23)cc1N. The van der Waals surface area contributed by atoms with E-state index in [4.69, 9.17) is 5.73 Å². The molecule has 0 radical (unpaired) electrons. The minimum atomic E-state index is 0.685. The van der Waals surface area contributed by atoms with Crippen molar-refractivity contribution in [3.8, 4) is 11.3 Å². The van der Waals surface area contributed by atoms with Gasteiger partial charge in [0, 0.05) is 34.1 Å². The Bertz CT molecular complexity index is 632. The highest BCUT2D eigenvalue weighted by molar-refractivity contribution is 7.17. The van der Waals surface area contributed by atoms with Gasteiger partial charge in [-0.1, -0.05) is 18.2 Å². The fourth-order valence-electron chi connectivity index (χ4n) is 1.79. The molecule has 0 spiro atoms. The van der Waals surface area contributed by atoms with Crippen LogP contribution in [0.5, 0.6) is 0 Å². The number of anilines is 1. The molecule has 0 amide bonds. The molecule has 1 aromatic carbocycles. The normalized spacial score (nSPS) is 11.1. The van der Waals surface area contributed by atoms with Crippen LogP contribution in [0.15, 0.2) is 35.7 Å². The number of nitrogens with two attached hydrogens (primary N) is 1. The molecule has 0 saturated carbocycles. The third-order valence-corrected chi connectivity index (χ3v) is 3.64. The van der Waals surface area contributed by atoms with Crippen LogP contribution in [0.25, 0.3) is 21.3 Å². The quantitative estimate of drug-likeness (QED) is 0.697. The summed E-state index contributed by atoms with van der Waals surface area (Å²) in [5.41, 5.74) is 7.90. The molecule has 2 aromatic heterocycles. The average molecular weight is 229 g/mol. The van der Waals surface area contributed by atoms with Gasteiger partial charge < -0.3 is 5.73 Å². The van der Waals surface area contributed by atoms with E-state index < -0.39 is 0 Å². The number of thiophene rings is 1. The van der Waals surface area contributed by atoms with Crippen molar-refractivity contribution in [2.75, 3.05) is 5.73 Å². The summed E-state index contributed by atoms with van der Waals surface area (Å²) < 4.78 is 2.98. The first kappa shape index (κ1) is 9.42. The largest absolute Gasteiger partial charge is 0.384 e. The Balaban J connectivity index is 2.26. The molecule has 0 bridgehead atoms. The van der Waals surface area contributed by atoms with E-state index in [-0.39, 0.29) is 0 Å². The molecule has 3 aromatic rings. The van der Waals surface area contributed by atoms with Crippen LogP contribution in [0.1, 0.15) is 0 Å². The highest BCUT2D eigenvalue weighted by Crippen LogP contribution is 2.33. The van der Waals surface area contributed by atoms with Gasteiger partial charge in [-0.05, 0) is 6.07 Å². The van der Waals surface area contributed by atoms with Crippen LogP contribution in [0, 0.1) is 0 Å². The lowest BCUT2D eigenvalue weighted by atomic mass is 10.1. The maximum atomic E-state index is 5.79. The Kier molecular flexibility index (Phi) is 1.97. The van der Waals surface area contributed by atoms with Crippen molar-refractivity contribution in [1.29, 1.82) is 0 Å². The van der Waals surface area contributed by atoms with E-state index in [2.05, 4.69) is 28.7 Å². The molecule has 2 N–H and O–H groups in total. The van der Waals surface area contributed by atoms with Crippen molar-refractivity contribution in [3.63, 3.8) is 0 Å². The van der Waals surface area contributed by atoms with Gasteiger partial charge in [-0.3, -0.25) is 4.68 Å². The van der Waals surface area contributed by atoms with E-state index >= 15 is 0 Å². The van der Waals surface area contributed by atoms with Crippen molar-refractivity contribution >= 4 is 27.2 Å². The fraction of sp³-hybridized carbons (Fsp3) is 0.0833. The highest BCUT2D eigenvalue weighted by Gasteiger charge is 2.09. The topological polar surface area (TPSA) is 43.8 Å². The van der Waals surface area contributed by atoms with Gasteiger partial charge in [-0.25, -0.2) is 0 Å². The first-order valence-electron chi connectivity index (χ1n) is 5.02. The van der Waals surface area contributed by atoms with Crippen molar-refractivity contribution in [2.45, 2.75) is 0 Å². The number of fused-ring (bicyclic) bond motifs is 1. The zero-order chi connectivity index (χ0) is 11.1. The highest BCUT2D eigenvalue weighted by atomic mass is 32.1. The molecule has 0 fully saturated rings. The molecule has 0 unspecified atom stereocenters. The van der Waals surface area contributed by atoms with Crippen molar-refractivity contribution in [2.24, 2.45) is 7.05 Å². The second-order valence-corrected chi connectivity index (χ2v) is 4.63. The summed E-state index contributed by atoms with van der Waals surface area (Å²) in [6.45, 7) is 0. The molecule has 3 rings (SSSR count). The summed E-state index contributed by atoms with van der Waals surface area (Å²) in [4.78, 5) is 0. The molecule has 0 aliphatic rings. The number of rotatable bonds is 1. The fourth-order valence-corrected chi connectivity index (χ4v) is 2.74. The predicted molar refractivity (Wildman–Crippen MR) is 68.4 cm³/mol. The molecule has 16 heavy (non-hydrogen) atoms. The zero-order valence-electron chi connectivity index (χ0n) is 8.84. The van der Waals surface area contributed by atoms with E-state index in [9.17, 15) is 0 Å². The molecule has 0 atom stereocenters. The Labute approximate surface area is 97.1 Å². The van der Waals surface area contributed by atoms with E-state index in [0.717, 1.165) is 11.3 Å². The third kappa shape index (κ3) is 1.31. The standard InChI is InChI=1S/C12H11N3S/c1-15-12(13)6-10(14-15)9-7-16-11-5-3-2-4-8(9)11/h2-7H,13H2,1H3. The second kappa shape index (κ2) is 3.35. The van der Waals surface area contributed by atoms with Crippen LogP contribution in [0.3, 0.4) is 0 Å². The van der Waals surface area contributed by atoms with E-state index in [1.54, 1.807) is 16.0 Å². The Morgan fingerprint density at radius 3 is 2.88 bits per heavy atom. The number of hydrogen-bond acceptors (Lipinski definition) is 3. The number of aryl methyl sites for hydroxylation is 1. The molecule has 0 saturated heterocycles. The smallest absolute Gasteiger partial charge is 0.121 e. The summed E-state index contributed by atoms with van der Waals surface area (Å²) in [6, 6.07) is 10.2. The summed E-state index contributed by atoms with van der Waals surface area (Å²) in [5, 5.41) is 7.77. The summed E-state index contributed by atoms with van der Waals surface area (Å²) >= 11 is 1.73. The maximum absolute atomic E-state index is 5.79. The van der Waals surface area contributed by atoms with Gasteiger partial charge in [-0.2, -0.15) is 5.10 Å². The molecule has 0 aliphatic carbocycles. The van der Waals surface area contributed by atoms with E-state index in [0.29, 0.717) is 5.82 Å². The Morgan fingerprint density at radius 1 is 1.31 bits per heavy atom. The van der Waals surface area contributed by atoms with Gasteiger partial charge in [0.15, 0.2) is 0 Å². The van der Waals surface area contributed by atoms with Crippen LogP contribution in [0.4, 0.5) is 5.82 Å². The Hall–Kier alpha value is -1.81. The maximum Gasteiger partial charge on any atom is 0.121 e. The van der Waals surface area contributed by atoms with Crippen LogP contribution < -0.4 is 5.73 Å². The van der Waals surface area contributed by atoms with Crippen LogP contribution >= 0.6 is 11.3 Å². The van der Waals surface area contributed by atoms with Crippen LogP contribution in [0.2, 0.25) is 0 Å². The van der Waals surface area contributed by atoms with Gasteiger partial charge in [0.05, 0.1) is 5.69 Å². The van der Waals surface area contributed by atoms with Crippen molar-refractivity contribution in [3.05, 3.63) is 35.7 Å². The number of benzene rings is 1. The Morgan fingerprint density at radius 2 is 2.12 bits per heavy atom. The number of hydrogen-bond donors (Lipinski definition) is 1. The summed E-state index contributed by atoms with van der Waals surface area (Å²) in [5.74, 6) is 0.685. The number of nitrogen functional groups attached to an aromatic ring is 1. The van der Waals surface area contributed by atoms with Crippen LogP contribution in [-0.2, 0) is 7.05 Å². The molecular formula is C12H11N3S. The average Bonchev–Trinajstić information content (AvgIpc) is 2.83. The van der Waals surface area contributed by atoms with Gasteiger partial charge >= 0.3 is 0 Å². The van der Waals surface area contributed by atoms with Crippen molar-refractivity contribution in [1.82, 2.24) is 9.78 Å². The van der Waals surface area contributed by atoms with Crippen molar-refractivity contribution < 1.29 is 0 Å². The monoisotopic (exact) mass is 229 g/mol. The van der Waals surface area contributed by atoms with E-state index in [1.165, 1.54) is 10.1 Å². The molecule has 0 aliphatic heterocycles. The first-order valence-corrected chi connectivity index (χ1v) is 5.90. The van der Waals surface area contributed by atoms with Gasteiger partial charge in [-0.15, -0.1) is 11.3 Å². The lowest BCUT2D eigenvalue weighted by molar-refractivity contribution is 0.782. The lowest BCUT2D eigenvalue weighted by Crippen LogP contribution is -1.96. The van der Waals surface area contributed by atoms with Gasteiger partial charge in [0.2, 0.25) is 0 Å². The number of nitrogens with zero attached hydrogens (tertiary/aromatic N) is 2. The summed E-state index contributed by atoms with van der Waals surface area (Å²) in [6.07, 6.45) is 0. The summed E-state index contributed by atoms with van der Waals surface area (Å²) in [7, 11) is 1.85. The van der Waals surface area contributed by atoms with E-state index in [1.807, 2.05) is 19.2 Å².